The molecule has 2 aliphatic heterocycles. The molecule has 140 valence electrons. The third kappa shape index (κ3) is 3.90. The highest BCUT2D eigenvalue weighted by Crippen LogP contribution is 2.40. The lowest BCUT2D eigenvalue weighted by atomic mass is 10.1. The fourth-order valence-electron chi connectivity index (χ4n) is 3.41. The van der Waals surface area contributed by atoms with Gasteiger partial charge < -0.3 is 4.90 Å². The number of amidine groups is 1. The summed E-state index contributed by atoms with van der Waals surface area (Å²) in [4.78, 5) is 18.7. The zero-order valence-corrected chi connectivity index (χ0v) is 16.7. The van der Waals surface area contributed by atoms with Gasteiger partial charge in [0.25, 0.3) is 5.91 Å². The first-order chi connectivity index (χ1) is 12.9. The van der Waals surface area contributed by atoms with E-state index in [1.165, 1.54) is 11.8 Å². The standard InChI is InChI=1S/C19H17ClN2O3S2/c20-15-9-5-4-6-13(15)10-18(23)21-19-22(14-7-2-1-3-8-14)16-11-27(24,25)12-17(16)26-19/h1-9,16-17H,10-12H2/t16-,17+/m1/s1. The van der Waals surface area contributed by atoms with E-state index in [4.69, 9.17) is 11.6 Å². The van der Waals surface area contributed by atoms with E-state index < -0.39 is 9.84 Å². The Hall–Kier alpha value is -1.83. The highest BCUT2D eigenvalue weighted by Gasteiger charge is 2.49. The second-order valence-corrected chi connectivity index (χ2v) is 10.3. The summed E-state index contributed by atoms with van der Waals surface area (Å²) >= 11 is 7.51. The number of rotatable bonds is 3. The van der Waals surface area contributed by atoms with Crippen LogP contribution in [0.2, 0.25) is 5.02 Å². The molecule has 2 aromatic rings. The maximum atomic E-state index is 12.5. The Morgan fingerprint density at radius 3 is 2.56 bits per heavy atom. The van der Waals surface area contributed by atoms with Crippen molar-refractivity contribution in [2.24, 2.45) is 4.99 Å². The van der Waals surface area contributed by atoms with Gasteiger partial charge in [0.2, 0.25) is 0 Å². The number of benzene rings is 2. The van der Waals surface area contributed by atoms with Gasteiger partial charge in [-0.05, 0) is 23.8 Å². The van der Waals surface area contributed by atoms with Crippen LogP contribution in [0.5, 0.6) is 0 Å². The Morgan fingerprint density at radius 1 is 1.11 bits per heavy atom. The average molecular weight is 421 g/mol. The van der Waals surface area contributed by atoms with Gasteiger partial charge in [0.15, 0.2) is 15.0 Å². The first-order valence-electron chi connectivity index (χ1n) is 8.49. The van der Waals surface area contributed by atoms with Crippen LogP contribution in [0.4, 0.5) is 5.69 Å². The summed E-state index contributed by atoms with van der Waals surface area (Å²) in [6.45, 7) is 0. The lowest BCUT2D eigenvalue weighted by molar-refractivity contribution is -0.117. The SMILES string of the molecule is O=C(Cc1ccccc1Cl)N=C1S[C@H]2CS(=O)(=O)C[C@H]2N1c1ccccc1. The van der Waals surface area contributed by atoms with Crippen LogP contribution in [0.1, 0.15) is 5.56 Å². The van der Waals surface area contributed by atoms with Crippen molar-refractivity contribution in [3.63, 3.8) is 0 Å². The second kappa shape index (κ2) is 7.30. The molecule has 8 heteroatoms. The van der Waals surface area contributed by atoms with E-state index in [-0.39, 0.29) is 35.1 Å². The molecule has 27 heavy (non-hydrogen) atoms. The normalized spacial score (nSPS) is 24.9. The number of para-hydroxylation sites is 1. The highest BCUT2D eigenvalue weighted by atomic mass is 35.5. The van der Waals surface area contributed by atoms with Crippen molar-refractivity contribution < 1.29 is 13.2 Å². The topological polar surface area (TPSA) is 66.8 Å². The molecule has 2 fully saturated rings. The molecule has 0 unspecified atom stereocenters. The molecule has 1 amide bonds. The number of sulfone groups is 1. The van der Waals surface area contributed by atoms with E-state index >= 15 is 0 Å². The van der Waals surface area contributed by atoms with Crippen molar-refractivity contribution in [3.05, 3.63) is 65.2 Å². The quantitative estimate of drug-likeness (QED) is 0.762. The maximum absolute atomic E-state index is 12.5. The number of hydrogen-bond acceptors (Lipinski definition) is 4. The number of carbonyl (C=O) groups excluding carboxylic acids is 1. The van der Waals surface area contributed by atoms with E-state index in [9.17, 15) is 13.2 Å². The molecule has 2 aliphatic rings. The number of aliphatic imine (C=N–C) groups is 1. The Bertz CT molecular complexity index is 1010. The van der Waals surface area contributed by atoms with Crippen LogP contribution in [0.15, 0.2) is 59.6 Å². The largest absolute Gasteiger partial charge is 0.316 e. The number of amides is 1. The third-order valence-corrected chi connectivity index (χ3v) is 8.20. The van der Waals surface area contributed by atoms with Crippen molar-refractivity contribution in [1.29, 1.82) is 0 Å². The number of thioether (sulfide) groups is 1. The van der Waals surface area contributed by atoms with Crippen LogP contribution in [-0.2, 0) is 21.1 Å². The van der Waals surface area contributed by atoms with Gasteiger partial charge in [-0.1, -0.05) is 59.8 Å². The van der Waals surface area contributed by atoms with Crippen molar-refractivity contribution in [1.82, 2.24) is 0 Å². The fourth-order valence-corrected chi connectivity index (χ4v) is 7.54. The van der Waals surface area contributed by atoms with E-state index in [0.717, 1.165) is 11.3 Å². The molecule has 0 saturated carbocycles. The number of carbonyl (C=O) groups is 1. The zero-order chi connectivity index (χ0) is 19.0. The minimum absolute atomic E-state index is 0.0806. The van der Waals surface area contributed by atoms with Crippen LogP contribution >= 0.6 is 23.4 Å². The average Bonchev–Trinajstić information content (AvgIpc) is 3.08. The Kier molecular flexibility index (Phi) is 5.01. The molecule has 2 atom stereocenters. The lowest BCUT2D eigenvalue weighted by Gasteiger charge is -2.24. The highest BCUT2D eigenvalue weighted by molar-refractivity contribution is 8.16. The fraction of sp³-hybridized carbons (Fsp3) is 0.263. The molecule has 0 N–H and O–H groups in total. The second-order valence-electron chi connectivity index (χ2n) is 6.56. The third-order valence-electron chi connectivity index (χ3n) is 4.62. The number of nitrogens with zero attached hydrogens (tertiary/aromatic N) is 2. The van der Waals surface area contributed by atoms with Crippen LogP contribution in [0, 0.1) is 0 Å². The molecular weight excluding hydrogens is 404 g/mol. The van der Waals surface area contributed by atoms with Crippen molar-refractivity contribution in [3.8, 4) is 0 Å². The van der Waals surface area contributed by atoms with Gasteiger partial charge in [0.05, 0.1) is 24.0 Å². The first kappa shape index (κ1) is 18.5. The molecule has 5 nitrogen and oxygen atoms in total. The summed E-state index contributed by atoms with van der Waals surface area (Å²) < 4.78 is 24.1. The van der Waals surface area contributed by atoms with Crippen molar-refractivity contribution >= 4 is 50.0 Å². The van der Waals surface area contributed by atoms with E-state index in [1.54, 1.807) is 12.1 Å². The molecule has 2 heterocycles. The predicted molar refractivity (Wildman–Crippen MR) is 110 cm³/mol. The van der Waals surface area contributed by atoms with E-state index in [0.29, 0.717) is 10.2 Å². The predicted octanol–water partition coefficient (Wildman–Crippen LogP) is 3.18. The summed E-state index contributed by atoms with van der Waals surface area (Å²) in [5.74, 6) is -0.102. The van der Waals surface area contributed by atoms with Gasteiger partial charge in [-0.25, -0.2) is 8.42 Å². The van der Waals surface area contributed by atoms with Gasteiger partial charge in [0, 0.05) is 16.0 Å². The number of anilines is 1. The number of halogens is 1. The Balaban J connectivity index is 1.64. The zero-order valence-electron chi connectivity index (χ0n) is 14.3. The van der Waals surface area contributed by atoms with Gasteiger partial charge in [-0.15, -0.1) is 0 Å². The molecule has 2 saturated heterocycles. The minimum atomic E-state index is -3.07. The number of fused-ring (bicyclic) bond motifs is 1. The summed E-state index contributed by atoms with van der Waals surface area (Å²) in [6, 6.07) is 16.5. The molecule has 0 bridgehead atoms. The maximum Gasteiger partial charge on any atom is 0.252 e. The van der Waals surface area contributed by atoms with Gasteiger partial charge in [-0.3, -0.25) is 4.79 Å². The summed E-state index contributed by atoms with van der Waals surface area (Å²) in [5.41, 5.74) is 1.57. The van der Waals surface area contributed by atoms with Crippen molar-refractivity contribution in [2.75, 3.05) is 16.4 Å². The smallest absolute Gasteiger partial charge is 0.252 e. The van der Waals surface area contributed by atoms with Crippen LogP contribution in [0.25, 0.3) is 0 Å². The van der Waals surface area contributed by atoms with Gasteiger partial charge in [0.1, 0.15) is 0 Å². The molecule has 0 radical (unpaired) electrons. The molecule has 0 spiro atoms. The summed E-state index contributed by atoms with van der Waals surface area (Å²) in [5, 5.41) is 0.984. The minimum Gasteiger partial charge on any atom is -0.316 e. The molecule has 4 rings (SSSR count). The molecule has 2 aromatic carbocycles. The number of hydrogen-bond donors (Lipinski definition) is 0. The Labute approximate surface area is 167 Å². The Morgan fingerprint density at radius 2 is 1.81 bits per heavy atom. The first-order valence-corrected chi connectivity index (χ1v) is 11.6. The van der Waals surface area contributed by atoms with E-state index in [2.05, 4.69) is 4.99 Å². The summed E-state index contributed by atoms with van der Waals surface area (Å²) in [7, 11) is -3.07. The molecule has 0 aliphatic carbocycles. The molecular formula is C19H17ClN2O3S2. The van der Waals surface area contributed by atoms with Crippen molar-refractivity contribution in [2.45, 2.75) is 17.7 Å². The lowest BCUT2D eigenvalue weighted by Crippen LogP contribution is -2.37. The monoisotopic (exact) mass is 420 g/mol. The van der Waals surface area contributed by atoms with E-state index in [1.807, 2.05) is 47.4 Å². The van der Waals surface area contributed by atoms with Crippen LogP contribution in [-0.4, -0.2) is 42.3 Å². The van der Waals surface area contributed by atoms with Crippen LogP contribution in [0.3, 0.4) is 0 Å². The van der Waals surface area contributed by atoms with Gasteiger partial charge in [-0.2, -0.15) is 4.99 Å². The van der Waals surface area contributed by atoms with Gasteiger partial charge >= 0.3 is 0 Å². The van der Waals surface area contributed by atoms with Crippen LogP contribution < -0.4 is 4.90 Å². The molecule has 0 aromatic heterocycles. The summed E-state index contributed by atoms with van der Waals surface area (Å²) in [6.07, 6.45) is 0.111.